The molecule has 1 fully saturated rings. The van der Waals surface area contributed by atoms with Gasteiger partial charge in [-0.2, -0.15) is 0 Å². The molecule has 0 amide bonds. The first-order chi connectivity index (χ1) is 9.20. The number of benzene rings is 1. The second-order valence-corrected chi connectivity index (χ2v) is 6.04. The lowest BCUT2D eigenvalue weighted by Gasteiger charge is -2.28. The van der Waals surface area contributed by atoms with Crippen LogP contribution < -0.4 is 5.73 Å². The fourth-order valence-corrected chi connectivity index (χ4v) is 2.91. The van der Waals surface area contributed by atoms with Crippen molar-refractivity contribution in [3.8, 4) is 0 Å². The van der Waals surface area contributed by atoms with Crippen molar-refractivity contribution >= 4 is 21.9 Å². The number of ether oxygens (including phenoxy) is 1. The van der Waals surface area contributed by atoms with Crippen molar-refractivity contribution in [1.82, 2.24) is 0 Å². The van der Waals surface area contributed by atoms with Crippen LogP contribution >= 0.6 is 15.9 Å². The molecule has 0 radical (unpaired) electrons. The summed E-state index contributed by atoms with van der Waals surface area (Å²) in [6.07, 6.45) is 4.25. The third-order valence-corrected chi connectivity index (χ3v) is 4.34. The number of rotatable bonds is 4. The highest BCUT2D eigenvalue weighted by molar-refractivity contribution is 9.10. The first kappa shape index (κ1) is 14.5. The lowest BCUT2D eigenvalue weighted by Crippen LogP contribution is -2.33. The topological polar surface area (TPSA) is 52.3 Å². The van der Waals surface area contributed by atoms with E-state index in [1.807, 2.05) is 24.3 Å². The number of esters is 1. The largest absolute Gasteiger partial charge is 0.461 e. The minimum Gasteiger partial charge on any atom is -0.461 e. The summed E-state index contributed by atoms with van der Waals surface area (Å²) in [5.41, 5.74) is 6.75. The third kappa shape index (κ3) is 4.05. The van der Waals surface area contributed by atoms with Crippen LogP contribution in [0.1, 0.15) is 31.2 Å². The number of carbonyl (C=O) groups is 1. The highest BCUT2D eigenvalue weighted by atomic mass is 79.9. The Bertz CT molecular complexity index is 419. The first-order valence-corrected chi connectivity index (χ1v) is 7.61. The molecule has 1 aliphatic rings. The standard InChI is InChI=1S/C15H20BrNO2/c16-13-7-5-11(6-8-13)10-19-15(18)14-4-2-1-3-12(14)9-17/h5-8,12,14H,1-4,9-10,17H2. The molecule has 0 saturated heterocycles. The van der Waals surface area contributed by atoms with Gasteiger partial charge in [0, 0.05) is 4.47 Å². The average molecular weight is 326 g/mol. The van der Waals surface area contributed by atoms with Gasteiger partial charge in [-0.3, -0.25) is 4.79 Å². The average Bonchev–Trinajstić information content (AvgIpc) is 2.46. The summed E-state index contributed by atoms with van der Waals surface area (Å²) < 4.78 is 6.46. The minimum atomic E-state index is -0.0851. The van der Waals surface area contributed by atoms with Crippen LogP contribution in [0.2, 0.25) is 0 Å². The molecule has 1 aliphatic carbocycles. The summed E-state index contributed by atoms with van der Waals surface area (Å²) in [4.78, 5) is 12.1. The van der Waals surface area contributed by atoms with E-state index in [2.05, 4.69) is 15.9 Å². The van der Waals surface area contributed by atoms with Gasteiger partial charge in [0.05, 0.1) is 5.92 Å². The Morgan fingerprint density at radius 2 is 1.95 bits per heavy atom. The van der Waals surface area contributed by atoms with Gasteiger partial charge >= 0.3 is 5.97 Å². The minimum absolute atomic E-state index is 0.00537. The number of nitrogens with two attached hydrogens (primary N) is 1. The molecule has 0 aliphatic heterocycles. The molecule has 19 heavy (non-hydrogen) atoms. The predicted molar refractivity (Wildman–Crippen MR) is 78.4 cm³/mol. The molecule has 4 heteroatoms. The van der Waals surface area contributed by atoms with Crippen LogP contribution in [0.5, 0.6) is 0 Å². The van der Waals surface area contributed by atoms with E-state index in [0.29, 0.717) is 19.1 Å². The zero-order valence-electron chi connectivity index (χ0n) is 11.0. The monoisotopic (exact) mass is 325 g/mol. The molecule has 0 bridgehead atoms. The Hall–Kier alpha value is -0.870. The molecular weight excluding hydrogens is 306 g/mol. The Kier molecular flexibility index (Phi) is 5.40. The van der Waals surface area contributed by atoms with Gasteiger partial charge in [-0.25, -0.2) is 0 Å². The van der Waals surface area contributed by atoms with Gasteiger partial charge in [-0.1, -0.05) is 40.9 Å². The number of hydrogen-bond donors (Lipinski definition) is 1. The van der Waals surface area contributed by atoms with E-state index >= 15 is 0 Å². The fourth-order valence-electron chi connectivity index (χ4n) is 2.64. The molecular formula is C15H20BrNO2. The first-order valence-electron chi connectivity index (χ1n) is 6.82. The number of halogens is 1. The Labute approximate surface area is 122 Å². The highest BCUT2D eigenvalue weighted by Crippen LogP contribution is 2.30. The van der Waals surface area contributed by atoms with Crippen molar-refractivity contribution < 1.29 is 9.53 Å². The molecule has 1 aromatic rings. The van der Waals surface area contributed by atoms with E-state index < -0.39 is 0 Å². The van der Waals surface area contributed by atoms with Gasteiger partial charge < -0.3 is 10.5 Å². The molecule has 2 unspecified atom stereocenters. The van der Waals surface area contributed by atoms with Gasteiger partial charge in [0.25, 0.3) is 0 Å². The summed E-state index contributed by atoms with van der Waals surface area (Å²) in [7, 11) is 0. The maximum atomic E-state index is 12.1. The van der Waals surface area contributed by atoms with E-state index in [1.54, 1.807) is 0 Å². The highest BCUT2D eigenvalue weighted by Gasteiger charge is 2.31. The second-order valence-electron chi connectivity index (χ2n) is 5.12. The summed E-state index contributed by atoms with van der Waals surface area (Å²) in [5, 5.41) is 0. The van der Waals surface area contributed by atoms with E-state index in [9.17, 15) is 4.79 Å². The zero-order valence-corrected chi connectivity index (χ0v) is 12.6. The normalized spacial score (nSPS) is 23.1. The van der Waals surface area contributed by atoms with Crippen molar-refractivity contribution in [2.45, 2.75) is 32.3 Å². The van der Waals surface area contributed by atoms with Gasteiger partial charge in [-0.05, 0) is 43.0 Å². The van der Waals surface area contributed by atoms with Crippen LogP contribution in [0.3, 0.4) is 0 Å². The number of carbonyl (C=O) groups excluding carboxylic acids is 1. The Morgan fingerprint density at radius 3 is 2.63 bits per heavy atom. The van der Waals surface area contributed by atoms with E-state index in [4.69, 9.17) is 10.5 Å². The predicted octanol–water partition coefficient (Wildman–Crippen LogP) is 3.26. The van der Waals surface area contributed by atoms with Gasteiger partial charge in [0.15, 0.2) is 0 Å². The van der Waals surface area contributed by atoms with Gasteiger partial charge in [0.2, 0.25) is 0 Å². The molecule has 104 valence electrons. The van der Waals surface area contributed by atoms with Crippen molar-refractivity contribution in [1.29, 1.82) is 0 Å². The van der Waals surface area contributed by atoms with Crippen molar-refractivity contribution in [3.63, 3.8) is 0 Å². The molecule has 2 N–H and O–H groups in total. The summed E-state index contributed by atoms with van der Waals surface area (Å²) in [5.74, 6) is 0.207. The van der Waals surface area contributed by atoms with Crippen LogP contribution in [0.4, 0.5) is 0 Å². The van der Waals surface area contributed by atoms with E-state index in [1.165, 1.54) is 6.42 Å². The van der Waals surface area contributed by atoms with Crippen LogP contribution in [0, 0.1) is 11.8 Å². The lowest BCUT2D eigenvalue weighted by molar-refractivity contribution is -0.153. The molecule has 2 rings (SSSR count). The maximum absolute atomic E-state index is 12.1. The Balaban J connectivity index is 1.87. The molecule has 0 heterocycles. The van der Waals surface area contributed by atoms with E-state index in [0.717, 1.165) is 29.3 Å². The van der Waals surface area contributed by atoms with Crippen molar-refractivity contribution in [2.75, 3.05) is 6.54 Å². The van der Waals surface area contributed by atoms with Crippen LogP contribution in [0.15, 0.2) is 28.7 Å². The van der Waals surface area contributed by atoms with E-state index in [-0.39, 0.29) is 11.9 Å². The number of hydrogen-bond acceptors (Lipinski definition) is 3. The smallest absolute Gasteiger partial charge is 0.309 e. The van der Waals surface area contributed by atoms with Crippen LogP contribution in [0.25, 0.3) is 0 Å². The molecule has 1 saturated carbocycles. The summed E-state index contributed by atoms with van der Waals surface area (Å²) >= 11 is 3.38. The summed E-state index contributed by atoms with van der Waals surface area (Å²) in [6, 6.07) is 7.82. The molecule has 0 aromatic heterocycles. The van der Waals surface area contributed by atoms with Crippen molar-refractivity contribution in [2.24, 2.45) is 17.6 Å². The molecule has 2 atom stereocenters. The molecule has 1 aromatic carbocycles. The van der Waals surface area contributed by atoms with Gasteiger partial charge in [-0.15, -0.1) is 0 Å². The van der Waals surface area contributed by atoms with Gasteiger partial charge in [0.1, 0.15) is 6.61 Å². The van der Waals surface area contributed by atoms with Crippen LogP contribution in [-0.2, 0) is 16.1 Å². The lowest BCUT2D eigenvalue weighted by atomic mass is 9.79. The third-order valence-electron chi connectivity index (χ3n) is 3.81. The Morgan fingerprint density at radius 1 is 1.26 bits per heavy atom. The quantitative estimate of drug-likeness (QED) is 0.864. The summed E-state index contributed by atoms with van der Waals surface area (Å²) in [6.45, 7) is 0.929. The second kappa shape index (κ2) is 7.06. The van der Waals surface area contributed by atoms with Crippen LogP contribution in [-0.4, -0.2) is 12.5 Å². The van der Waals surface area contributed by atoms with Crippen molar-refractivity contribution in [3.05, 3.63) is 34.3 Å². The maximum Gasteiger partial charge on any atom is 0.309 e. The zero-order chi connectivity index (χ0) is 13.7. The molecule has 3 nitrogen and oxygen atoms in total. The fraction of sp³-hybridized carbons (Fsp3) is 0.533. The molecule has 0 spiro atoms. The SMILES string of the molecule is NCC1CCCCC1C(=O)OCc1ccc(Br)cc1.